The van der Waals surface area contributed by atoms with Crippen molar-refractivity contribution in [2.75, 3.05) is 25.5 Å². The van der Waals surface area contributed by atoms with E-state index in [-0.39, 0.29) is 24.8 Å². The lowest BCUT2D eigenvalue weighted by Crippen LogP contribution is -2.54. The zero-order chi connectivity index (χ0) is 28.1. The lowest BCUT2D eigenvalue weighted by atomic mass is 10.1. The number of hydrogen-bond donors (Lipinski definition) is 2. The fraction of sp³-hybridized carbons (Fsp3) is 0.429. The zero-order valence-corrected chi connectivity index (χ0v) is 22.9. The third-order valence-corrected chi connectivity index (χ3v) is 7.10. The number of halogens is 1. The summed E-state index contributed by atoms with van der Waals surface area (Å²) in [5, 5.41) is 5.97. The number of esters is 1. The van der Waals surface area contributed by atoms with E-state index in [1.807, 2.05) is 49.3 Å². The molecule has 0 bridgehead atoms. The molecule has 2 aromatic rings. The molecule has 4 atom stereocenters. The Balaban J connectivity index is 1.34. The molecule has 0 aliphatic carbocycles. The fourth-order valence-corrected chi connectivity index (χ4v) is 5.09. The van der Waals surface area contributed by atoms with Crippen molar-refractivity contribution >= 4 is 41.0 Å². The van der Waals surface area contributed by atoms with Crippen LogP contribution in [-0.2, 0) is 30.5 Å². The second-order valence-electron chi connectivity index (χ2n) is 9.92. The van der Waals surface area contributed by atoms with Crippen molar-refractivity contribution in [3.05, 3.63) is 64.7 Å². The maximum atomic E-state index is 13.2. The smallest absolute Gasteiger partial charge is 0.310 e. The molecule has 0 spiro atoms. The van der Waals surface area contributed by atoms with Crippen LogP contribution >= 0.6 is 11.6 Å². The minimum absolute atomic E-state index is 0.0203. The molecule has 39 heavy (non-hydrogen) atoms. The number of rotatable bonds is 9. The van der Waals surface area contributed by atoms with Crippen LogP contribution < -0.4 is 15.5 Å². The van der Waals surface area contributed by atoms with Crippen LogP contribution in [0.3, 0.4) is 0 Å². The summed E-state index contributed by atoms with van der Waals surface area (Å²) >= 11 is 6.28. The standard InChI is InChI=1S/C28H33ClN4O6/c1-17(30-25(35)19-11-12-22(32(2)3)20(29)14-19)27(37)33-13-7-10-23(33)26(36)31-21-15-24(34)39-28(21)38-16-18-8-5-4-6-9-18/h4-6,8-9,11-12,14,17,21,23,28H,7,10,13,15-16H2,1-3H3,(H,30,35)(H,31,36). The Morgan fingerprint density at radius 1 is 1.18 bits per heavy atom. The summed E-state index contributed by atoms with van der Waals surface area (Å²) < 4.78 is 11.0. The topological polar surface area (TPSA) is 117 Å². The van der Waals surface area contributed by atoms with Gasteiger partial charge in [0.15, 0.2) is 0 Å². The average molecular weight is 557 g/mol. The summed E-state index contributed by atoms with van der Waals surface area (Å²) in [6.45, 7) is 2.19. The number of carbonyl (C=O) groups is 4. The molecule has 2 heterocycles. The van der Waals surface area contributed by atoms with E-state index in [1.54, 1.807) is 25.1 Å². The number of nitrogens with one attached hydrogen (secondary N) is 2. The number of likely N-dealkylation sites (tertiary alicyclic amines) is 1. The normalized spacial score (nSPS) is 21.3. The van der Waals surface area contributed by atoms with E-state index >= 15 is 0 Å². The molecule has 2 N–H and O–H groups in total. The van der Waals surface area contributed by atoms with Crippen LogP contribution in [0.15, 0.2) is 48.5 Å². The summed E-state index contributed by atoms with van der Waals surface area (Å²) in [6.07, 6.45) is 0.168. The number of ether oxygens (including phenoxy) is 2. The Hall–Kier alpha value is -3.63. The van der Waals surface area contributed by atoms with E-state index in [2.05, 4.69) is 10.6 Å². The van der Waals surface area contributed by atoms with Crippen molar-refractivity contribution in [1.29, 1.82) is 0 Å². The minimum atomic E-state index is -0.920. The average Bonchev–Trinajstić information content (AvgIpc) is 3.53. The van der Waals surface area contributed by atoms with Crippen LogP contribution in [0.4, 0.5) is 5.69 Å². The number of nitrogens with zero attached hydrogens (tertiary/aromatic N) is 2. The van der Waals surface area contributed by atoms with Crippen LogP contribution in [0.25, 0.3) is 0 Å². The highest BCUT2D eigenvalue weighted by Crippen LogP contribution is 2.26. The molecule has 11 heteroatoms. The molecule has 10 nitrogen and oxygen atoms in total. The van der Waals surface area contributed by atoms with Crippen LogP contribution in [0.1, 0.15) is 42.1 Å². The Bertz CT molecular complexity index is 1220. The van der Waals surface area contributed by atoms with Gasteiger partial charge in [-0.15, -0.1) is 0 Å². The highest BCUT2D eigenvalue weighted by Gasteiger charge is 2.41. The van der Waals surface area contributed by atoms with Crippen molar-refractivity contribution in [2.45, 2.75) is 57.2 Å². The summed E-state index contributed by atoms with van der Waals surface area (Å²) in [6, 6.07) is 12.1. The van der Waals surface area contributed by atoms with Gasteiger partial charge in [0.2, 0.25) is 18.1 Å². The van der Waals surface area contributed by atoms with Crippen LogP contribution in [-0.4, -0.2) is 73.6 Å². The highest BCUT2D eigenvalue weighted by atomic mass is 35.5. The molecule has 2 saturated heterocycles. The number of cyclic esters (lactones) is 1. The monoisotopic (exact) mass is 556 g/mol. The van der Waals surface area contributed by atoms with Crippen LogP contribution in [0, 0.1) is 0 Å². The van der Waals surface area contributed by atoms with E-state index in [1.165, 1.54) is 4.90 Å². The first kappa shape index (κ1) is 28.4. The number of hydrogen-bond acceptors (Lipinski definition) is 7. The molecule has 208 valence electrons. The fourth-order valence-electron chi connectivity index (χ4n) is 4.74. The molecule has 0 radical (unpaired) electrons. The van der Waals surface area contributed by atoms with Gasteiger partial charge in [0, 0.05) is 26.2 Å². The molecule has 2 aliphatic heterocycles. The van der Waals surface area contributed by atoms with Crippen molar-refractivity contribution in [3.8, 4) is 0 Å². The van der Waals surface area contributed by atoms with Gasteiger partial charge in [-0.05, 0) is 43.5 Å². The van der Waals surface area contributed by atoms with Gasteiger partial charge in [0.1, 0.15) is 18.1 Å². The number of benzene rings is 2. The molecule has 0 aromatic heterocycles. The Morgan fingerprint density at radius 2 is 1.92 bits per heavy atom. The first-order valence-corrected chi connectivity index (χ1v) is 13.3. The number of anilines is 1. The molecule has 2 aliphatic rings. The molecular weight excluding hydrogens is 524 g/mol. The quantitative estimate of drug-likeness (QED) is 0.456. The molecule has 0 saturated carbocycles. The zero-order valence-electron chi connectivity index (χ0n) is 22.2. The minimum Gasteiger partial charge on any atom is -0.433 e. The summed E-state index contributed by atoms with van der Waals surface area (Å²) in [4.78, 5) is 54.5. The van der Waals surface area contributed by atoms with Gasteiger partial charge < -0.3 is 29.9 Å². The van der Waals surface area contributed by atoms with Gasteiger partial charge in [-0.3, -0.25) is 19.2 Å². The first-order chi connectivity index (χ1) is 18.6. The predicted octanol–water partition coefficient (Wildman–Crippen LogP) is 2.49. The molecule has 4 unspecified atom stereocenters. The van der Waals surface area contributed by atoms with E-state index < -0.39 is 36.3 Å². The predicted molar refractivity (Wildman–Crippen MR) is 145 cm³/mol. The van der Waals surface area contributed by atoms with Gasteiger partial charge in [-0.1, -0.05) is 41.9 Å². The van der Waals surface area contributed by atoms with E-state index in [4.69, 9.17) is 21.1 Å². The second kappa shape index (κ2) is 12.5. The second-order valence-corrected chi connectivity index (χ2v) is 10.3. The van der Waals surface area contributed by atoms with E-state index in [0.29, 0.717) is 30.0 Å². The van der Waals surface area contributed by atoms with Crippen molar-refractivity contribution in [2.24, 2.45) is 0 Å². The van der Waals surface area contributed by atoms with Gasteiger partial charge in [-0.25, -0.2) is 0 Å². The van der Waals surface area contributed by atoms with Crippen molar-refractivity contribution < 1.29 is 28.7 Å². The molecule has 2 fully saturated rings. The Labute approximate surface area is 232 Å². The lowest BCUT2D eigenvalue weighted by Gasteiger charge is -2.28. The van der Waals surface area contributed by atoms with Gasteiger partial charge in [0.25, 0.3) is 5.91 Å². The molecule has 3 amide bonds. The highest BCUT2D eigenvalue weighted by molar-refractivity contribution is 6.33. The van der Waals surface area contributed by atoms with Crippen molar-refractivity contribution in [3.63, 3.8) is 0 Å². The van der Waals surface area contributed by atoms with E-state index in [0.717, 1.165) is 11.3 Å². The summed E-state index contributed by atoms with van der Waals surface area (Å²) in [5.41, 5.74) is 2.00. The largest absolute Gasteiger partial charge is 0.433 e. The Kier molecular flexibility index (Phi) is 9.08. The molecular formula is C28H33ClN4O6. The maximum absolute atomic E-state index is 13.2. The molecule has 4 rings (SSSR count). The van der Waals surface area contributed by atoms with E-state index in [9.17, 15) is 19.2 Å². The third-order valence-electron chi connectivity index (χ3n) is 6.80. The van der Waals surface area contributed by atoms with Gasteiger partial charge in [-0.2, -0.15) is 0 Å². The number of amides is 3. The first-order valence-electron chi connectivity index (χ1n) is 12.9. The van der Waals surface area contributed by atoms with Crippen molar-refractivity contribution in [1.82, 2.24) is 15.5 Å². The summed E-state index contributed by atoms with van der Waals surface area (Å²) in [5.74, 6) is -1.66. The van der Waals surface area contributed by atoms with Crippen LogP contribution in [0.2, 0.25) is 5.02 Å². The Morgan fingerprint density at radius 3 is 2.62 bits per heavy atom. The number of carbonyl (C=O) groups excluding carboxylic acids is 4. The SMILES string of the molecule is CC(NC(=O)c1ccc(N(C)C)c(Cl)c1)C(=O)N1CCCC1C(=O)NC1CC(=O)OC1OCc1ccccc1. The third kappa shape index (κ3) is 6.88. The molecule has 2 aromatic carbocycles. The van der Waals surface area contributed by atoms with Crippen LogP contribution in [0.5, 0.6) is 0 Å². The maximum Gasteiger partial charge on any atom is 0.310 e. The summed E-state index contributed by atoms with van der Waals surface area (Å²) in [7, 11) is 3.69. The van der Waals surface area contributed by atoms with Gasteiger partial charge in [0.05, 0.1) is 23.7 Å². The van der Waals surface area contributed by atoms with Gasteiger partial charge >= 0.3 is 5.97 Å². The lowest BCUT2D eigenvalue weighted by molar-refractivity contribution is -0.168.